The summed E-state index contributed by atoms with van der Waals surface area (Å²) in [6.45, 7) is 1.94. The molecule has 5 nitrogen and oxygen atoms in total. The molecule has 0 amide bonds. The highest BCUT2D eigenvalue weighted by molar-refractivity contribution is 5.90. The second-order valence-corrected chi connectivity index (χ2v) is 3.32. The van der Waals surface area contributed by atoms with Crippen molar-refractivity contribution in [1.29, 1.82) is 0 Å². The van der Waals surface area contributed by atoms with Crippen LogP contribution in [-0.4, -0.2) is 31.9 Å². The lowest BCUT2D eigenvalue weighted by atomic mass is 10.1. The van der Waals surface area contributed by atoms with E-state index in [9.17, 15) is 9.90 Å². The second-order valence-electron chi connectivity index (χ2n) is 3.32. The molecule has 0 atom stereocenters. The Morgan fingerprint density at radius 1 is 1.33 bits per heavy atom. The number of aliphatic hydroxyl groups is 1. The molecule has 1 N–H and O–H groups in total. The first kappa shape index (κ1) is 13.9. The zero-order chi connectivity index (χ0) is 13.5. The van der Waals surface area contributed by atoms with E-state index in [4.69, 9.17) is 14.2 Å². The minimum absolute atomic E-state index is 0.232. The van der Waals surface area contributed by atoms with E-state index in [1.54, 1.807) is 25.1 Å². The predicted molar refractivity (Wildman–Crippen MR) is 66.8 cm³/mol. The summed E-state index contributed by atoms with van der Waals surface area (Å²) in [5.74, 6) is -0.0130. The van der Waals surface area contributed by atoms with Crippen molar-refractivity contribution in [2.75, 3.05) is 20.8 Å². The van der Waals surface area contributed by atoms with Gasteiger partial charge in [0, 0.05) is 0 Å². The first-order valence-electron chi connectivity index (χ1n) is 5.42. The summed E-state index contributed by atoms with van der Waals surface area (Å²) >= 11 is 0. The highest BCUT2D eigenvalue weighted by Crippen LogP contribution is 2.34. The molecule has 1 aromatic rings. The van der Waals surface area contributed by atoms with Crippen molar-refractivity contribution in [3.05, 3.63) is 29.8 Å². The van der Waals surface area contributed by atoms with Crippen LogP contribution in [0.3, 0.4) is 0 Å². The zero-order valence-electron chi connectivity index (χ0n) is 10.6. The van der Waals surface area contributed by atoms with Crippen LogP contribution in [0, 0.1) is 0 Å². The molecule has 0 aliphatic heterocycles. The van der Waals surface area contributed by atoms with Gasteiger partial charge in [-0.15, -0.1) is 0 Å². The number of benzene rings is 1. The predicted octanol–water partition coefficient (Wildman–Crippen LogP) is 2.17. The maximum Gasteiger partial charge on any atom is 0.334 e. The van der Waals surface area contributed by atoms with Crippen LogP contribution in [0.25, 0.3) is 5.76 Å². The van der Waals surface area contributed by atoms with Gasteiger partial charge in [-0.3, -0.25) is 0 Å². The molecule has 98 valence electrons. The summed E-state index contributed by atoms with van der Waals surface area (Å²) in [6, 6.07) is 5.00. The van der Waals surface area contributed by atoms with E-state index in [0.717, 1.165) is 6.08 Å². The maximum absolute atomic E-state index is 11.3. The number of aliphatic hydroxyl groups excluding tert-OH is 1. The Hall–Kier alpha value is -2.17. The highest BCUT2D eigenvalue weighted by Gasteiger charge is 2.13. The molecule has 0 radical (unpaired) electrons. The van der Waals surface area contributed by atoms with Crippen LogP contribution in [0.5, 0.6) is 11.5 Å². The van der Waals surface area contributed by atoms with Gasteiger partial charge in [0.1, 0.15) is 5.76 Å². The minimum Gasteiger partial charge on any atom is -0.507 e. The summed E-state index contributed by atoms with van der Waals surface area (Å²) < 4.78 is 15.0. The van der Waals surface area contributed by atoms with Gasteiger partial charge < -0.3 is 19.3 Å². The number of hydrogen-bond acceptors (Lipinski definition) is 5. The van der Waals surface area contributed by atoms with Crippen LogP contribution in [0.15, 0.2) is 24.3 Å². The quantitative estimate of drug-likeness (QED) is 0.494. The van der Waals surface area contributed by atoms with Gasteiger partial charge in [-0.2, -0.15) is 0 Å². The van der Waals surface area contributed by atoms with Gasteiger partial charge >= 0.3 is 5.97 Å². The third kappa shape index (κ3) is 3.16. The molecule has 0 aliphatic carbocycles. The number of carbonyl (C=O) groups is 1. The summed E-state index contributed by atoms with van der Waals surface area (Å²) in [4.78, 5) is 11.3. The first-order chi connectivity index (χ1) is 8.63. The number of esters is 1. The molecule has 18 heavy (non-hydrogen) atoms. The van der Waals surface area contributed by atoms with Crippen LogP contribution in [0.1, 0.15) is 12.5 Å². The van der Waals surface area contributed by atoms with Crippen LogP contribution in [0.2, 0.25) is 0 Å². The number of hydrogen-bond donors (Lipinski definition) is 1. The molecule has 0 bridgehead atoms. The van der Waals surface area contributed by atoms with E-state index in [1.165, 1.54) is 14.2 Å². The van der Waals surface area contributed by atoms with E-state index in [2.05, 4.69) is 0 Å². The number of para-hydroxylation sites is 1. The molecule has 0 unspecified atom stereocenters. The lowest BCUT2D eigenvalue weighted by Crippen LogP contribution is -2.02. The summed E-state index contributed by atoms with van der Waals surface area (Å²) in [5.41, 5.74) is 0.366. The van der Waals surface area contributed by atoms with E-state index < -0.39 is 5.97 Å². The van der Waals surface area contributed by atoms with Gasteiger partial charge in [0.15, 0.2) is 11.5 Å². The fourth-order valence-corrected chi connectivity index (χ4v) is 1.46. The third-order valence-corrected chi connectivity index (χ3v) is 2.22. The Bertz CT molecular complexity index is 451. The monoisotopic (exact) mass is 252 g/mol. The van der Waals surface area contributed by atoms with Gasteiger partial charge in [-0.1, -0.05) is 6.07 Å². The minimum atomic E-state index is -0.611. The number of rotatable bonds is 5. The summed E-state index contributed by atoms with van der Waals surface area (Å²) in [6.07, 6.45) is 1.00. The maximum atomic E-state index is 11.3. The Morgan fingerprint density at radius 3 is 2.61 bits per heavy atom. The number of carbonyl (C=O) groups excluding carboxylic acids is 1. The molecule has 5 heteroatoms. The van der Waals surface area contributed by atoms with Crippen LogP contribution in [-0.2, 0) is 9.53 Å². The molecule has 0 aromatic heterocycles. The van der Waals surface area contributed by atoms with Gasteiger partial charge in [-0.25, -0.2) is 4.79 Å². The van der Waals surface area contributed by atoms with Gasteiger partial charge in [-0.05, 0) is 19.1 Å². The molecule has 0 heterocycles. The van der Waals surface area contributed by atoms with E-state index in [1.807, 2.05) is 0 Å². The molecule has 0 aliphatic rings. The molecular formula is C13H16O5. The molecular weight excluding hydrogens is 236 g/mol. The van der Waals surface area contributed by atoms with Crippen molar-refractivity contribution in [2.24, 2.45) is 0 Å². The Morgan fingerprint density at radius 2 is 2.06 bits per heavy atom. The van der Waals surface area contributed by atoms with Crippen molar-refractivity contribution in [1.82, 2.24) is 0 Å². The molecule has 1 aromatic carbocycles. The zero-order valence-corrected chi connectivity index (χ0v) is 10.6. The van der Waals surface area contributed by atoms with Crippen molar-refractivity contribution < 1.29 is 24.1 Å². The highest BCUT2D eigenvalue weighted by atomic mass is 16.5. The molecule has 0 saturated carbocycles. The second kappa shape index (κ2) is 6.54. The molecule has 0 spiro atoms. The summed E-state index contributed by atoms with van der Waals surface area (Å²) in [7, 11) is 2.95. The largest absolute Gasteiger partial charge is 0.507 e. The number of ether oxygens (including phenoxy) is 3. The first-order valence-corrected chi connectivity index (χ1v) is 5.42. The standard InChI is InChI=1S/C13H16O5/c1-4-18-12(15)8-10(14)9-6-5-7-11(16-2)13(9)17-3/h5-8,14H,4H2,1-3H3. The average molecular weight is 252 g/mol. The van der Waals surface area contributed by atoms with Crippen LogP contribution >= 0.6 is 0 Å². The van der Waals surface area contributed by atoms with Crippen molar-refractivity contribution in [2.45, 2.75) is 6.92 Å². The molecule has 0 fully saturated rings. The molecule has 1 rings (SSSR count). The van der Waals surface area contributed by atoms with Crippen LogP contribution < -0.4 is 9.47 Å². The lowest BCUT2D eigenvalue weighted by molar-refractivity contribution is -0.137. The average Bonchev–Trinajstić information content (AvgIpc) is 2.37. The smallest absolute Gasteiger partial charge is 0.334 e. The lowest BCUT2D eigenvalue weighted by Gasteiger charge is -2.11. The van der Waals surface area contributed by atoms with Crippen LogP contribution in [0.4, 0.5) is 0 Å². The van der Waals surface area contributed by atoms with Crippen molar-refractivity contribution >= 4 is 11.7 Å². The van der Waals surface area contributed by atoms with E-state index >= 15 is 0 Å². The fraction of sp³-hybridized carbons (Fsp3) is 0.308. The van der Waals surface area contributed by atoms with Gasteiger partial charge in [0.2, 0.25) is 0 Å². The number of methoxy groups -OCH3 is 2. The Labute approximate surface area is 106 Å². The topological polar surface area (TPSA) is 65.0 Å². The van der Waals surface area contributed by atoms with E-state index in [-0.39, 0.29) is 12.4 Å². The Kier molecular flexibility index (Phi) is 5.05. The fourth-order valence-electron chi connectivity index (χ4n) is 1.46. The van der Waals surface area contributed by atoms with Crippen molar-refractivity contribution in [3.63, 3.8) is 0 Å². The van der Waals surface area contributed by atoms with Crippen molar-refractivity contribution in [3.8, 4) is 11.5 Å². The third-order valence-electron chi connectivity index (χ3n) is 2.22. The van der Waals surface area contributed by atoms with Gasteiger partial charge in [0.05, 0.1) is 32.5 Å². The van der Waals surface area contributed by atoms with E-state index in [0.29, 0.717) is 17.1 Å². The molecule has 0 saturated heterocycles. The normalized spacial score (nSPS) is 10.9. The van der Waals surface area contributed by atoms with Gasteiger partial charge in [0.25, 0.3) is 0 Å². The Balaban J connectivity index is 3.12. The summed E-state index contributed by atoms with van der Waals surface area (Å²) in [5, 5.41) is 9.87. The SMILES string of the molecule is CCOC(=O)C=C(O)c1cccc(OC)c1OC.